The molecule has 0 spiro atoms. The van der Waals surface area contributed by atoms with Gasteiger partial charge in [0.1, 0.15) is 0 Å². The fourth-order valence-corrected chi connectivity index (χ4v) is 3.22. The van der Waals surface area contributed by atoms with Gasteiger partial charge in [0, 0.05) is 8.15 Å². The average molecular weight is 406 g/mol. The van der Waals surface area contributed by atoms with Gasteiger partial charge in [-0.3, -0.25) is 0 Å². The molecule has 0 aromatic carbocycles. The Morgan fingerprint density at radius 3 is 2.17 bits per heavy atom. The molecule has 0 saturated heterocycles. The molecule has 74 valence electrons. The van der Waals surface area contributed by atoms with Crippen LogP contribution in [0.2, 0.25) is 0 Å². The van der Waals surface area contributed by atoms with Gasteiger partial charge in [0.15, 0.2) is 0 Å². The molecule has 1 aliphatic carbocycles. The maximum absolute atomic E-state index is 8.12. The Kier molecular flexibility index (Phi) is 8.19. The van der Waals surface area contributed by atoms with Crippen LogP contribution in [0.25, 0.3) is 0 Å². The Bertz CT molecular complexity index is 177. The van der Waals surface area contributed by atoms with Gasteiger partial charge >= 0.3 is 62.4 Å². The van der Waals surface area contributed by atoms with Crippen molar-refractivity contribution in [3.05, 3.63) is 22.3 Å². The summed E-state index contributed by atoms with van der Waals surface area (Å²) in [4.78, 5) is 8.12. The molecule has 1 rings (SSSR count). The Morgan fingerprint density at radius 1 is 1.50 bits per heavy atom. The van der Waals surface area contributed by atoms with Gasteiger partial charge in [0.2, 0.25) is 0 Å². The minimum atomic E-state index is -1.71. The Labute approximate surface area is 88.4 Å². The molecule has 0 aromatic rings. The van der Waals surface area contributed by atoms with Crippen LogP contribution in [-0.4, -0.2) is 18.2 Å². The molecule has 0 aromatic heterocycles. The van der Waals surface area contributed by atoms with Gasteiger partial charge in [-0.2, -0.15) is 0 Å². The zero-order valence-electron chi connectivity index (χ0n) is 6.92. The molecule has 0 atom stereocenters. The van der Waals surface area contributed by atoms with Crippen LogP contribution < -0.4 is 0 Å². The molecular formula is C7H12Cl2IrOP. The number of hydrogen-bond donors (Lipinski definition) is 1. The first kappa shape index (κ1) is 13.1. The molecule has 0 heterocycles. The normalized spacial score (nSPS) is 15.5. The van der Waals surface area contributed by atoms with Gasteiger partial charge in [-0.25, -0.2) is 0 Å². The van der Waals surface area contributed by atoms with Crippen LogP contribution in [0.3, 0.4) is 0 Å². The summed E-state index contributed by atoms with van der Waals surface area (Å²) in [7, 11) is 10.8. The predicted molar refractivity (Wildman–Crippen MR) is 54.5 cm³/mol. The second-order valence-electron chi connectivity index (χ2n) is 2.24. The van der Waals surface area contributed by atoms with E-state index in [9.17, 15) is 0 Å². The summed E-state index contributed by atoms with van der Waals surface area (Å²) < 4.78 is 1.26. The standard InChI is InChI=1S/C5H5.C2H7OP.2ClH.Ir/c1-2-4-5-3-1;1-4(2)3;;;/h1-3H,4H2;3H,1-2H3;2*1H;/q;;;;+2/p-2. The van der Waals surface area contributed by atoms with E-state index in [1.807, 2.05) is 12.2 Å². The molecule has 0 bridgehead atoms. The maximum atomic E-state index is 8.12. The van der Waals surface area contributed by atoms with Crippen LogP contribution in [-0.2, 0) is 14.5 Å². The topological polar surface area (TPSA) is 20.2 Å². The van der Waals surface area contributed by atoms with E-state index in [1.54, 1.807) is 13.3 Å². The zero-order valence-corrected chi connectivity index (χ0v) is 11.7. The van der Waals surface area contributed by atoms with Gasteiger partial charge < -0.3 is 4.89 Å². The Balaban J connectivity index is 0.000000261. The molecule has 0 aliphatic heterocycles. The molecule has 0 radical (unpaired) electrons. The second-order valence-corrected chi connectivity index (χ2v) is 11.9. The first-order chi connectivity index (χ1) is 5.54. The summed E-state index contributed by atoms with van der Waals surface area (Å²) in [5.41, 5.74) is 0. The van der Waals surface area contributed by atoms with Crippen LogP contribution >= 0.6 is 27.3 Å². The van der Waals surface area contributed by atoms with E-state index in [4.69, 9.17) is 24.1 Å². The Morgan fingerprint density at radius 2 is 2.00 bits per heavy atom. The predicted octanol–water partition coefficient (Wildman–Crippen LogP) is 3.39. The van der Waals surface area contributed by atoms with Crippen molar-refractivity contribution in [3.63, 3.8) is 0 Å². The van der Waals surface area contributed by atoms with E-state index in [2.05, 4.69) is 6.08 Å². The van der Waals surface area contributed by atoms with E-state index >= 15 is 0 Å². The first-order valence-electron chi connectivity index (χ1n) is 3.23. The molecule has 0 amide bonds. The average Bonchev–Trinajstić information content (AvgIpc) is 2.34. The summed E-state index contributed by atoms with van der Waals surface area (Å²) >= 11 is -1.71. The minimum absolute atomic E-state index is 0.620. The Hall–Kier alpha value is 1.10. The van der Waals surface area contributed by atoms with E-state index in [1.165, 1.54) is 4.09 Å². The fraction of sp³-hybridized carbons (Fsp3) is 0.429. The quantitative estimate of drug-likeness (QED) is 0.662. The van der Waals surface area contributed by atoms with Crippen molar-refractivity contribution in [1.29, 1.82) is 0 Å². The van der Waals surface area contributed by atoms with Crippen molar-refractivity contribution < 1.29 is 19.4 Å². The summed E-state index contributed by atoms with van der Waals surface area (Å²) in [6, 6.07) is 0. The van der Waals surface area contributed by atoms with Gasteiger partial charge in [-0.15, -0.1) is 0 Å². The number of allylic oxidation sites excluding steroid dienone is 4. The van der Waals surface area contributed by atoms with Crippen molar-refractivity contribution in [2.75, 3.05) is 13.3 Å². The third-order valence-electron chi connectivity index (χ3n) is 0.871. The van der Waals surface area contributed by atoms with E-state index in [0.717, 1.165) is 6.42 Å². The molecule has 1 nitrogen and oxygen atoms in total. The van der Waals surface area contributed by atoms with Crippen molar-refractivity contribution >= 4 is 27.3 Å². The van der Waals surface area contributed by atoms with E-state index in [0.29, 0.717) is 0 Å². The van der Waals surface area contributed by atoms with Crippen LogP contribution in [0.4, 0.5) is 0 Å². The van der Waals surface area contributed by atoms with Crippen molar-refractivity contribution in [1.82, 2.24) is 0 Å². The SMILES string of the molecule is CP(C)O.[Cl][Ir]([Cl])[C]1=CC=CC1. The molecule has 0 unspecified atom stereocenters. The van der Waals surface area contributed by atoms with Gasteiger partial charge in [-0.05, 0) is 13.3 Å². The molecule has 0 fully saturated rings. The van der Waals surface area contributed by atoms with Crippen LogP contribution in [0.15, 0.2) is 22.3 Å². The molecule has 1 N–H and O–H groups in total. The summed E-state index contributed by atoms with van der Waals surface area (Å²) in [5, 5.41) is 0. The zero-order chi connectivity index (χ0) is 9.56. The third-order valence-corrected chi connectivity index (χ3v) is 5.57. The van der Waals surface area contributed by atoms with Gasteiger partial charge in [0.25, 0.3) is 0 Å². The van der Waals surface area contributed by atoms with Crippen molar-refractivity contribution in [2.45, 2.75) is 6.42 Å². The van der Waals surface area contributed by atoms with Crippen LogP contribution in [0, 0.1) is 0 Å². The second kappa shape index (κ2) is 7.50. The van der Waals surface area contributed by atoms with Crippen LogP contribution in [0.1, 0.15) is 6.42 Å². The molecule has 1 aliphatic rings. The molecular weight excluding hydrogens is 394 g/mol. The monoisotopic (exact) mass is 406 g/mol. The summed E-state index contributed by atoms with van der Waals surface area (Å²) in [6.07, 6.45) is 7.10. The fourth-order valence-electron chi connectivity index (χ4n) is 0.505. The first-order valence-corrected chi connectivity index (χ1v) is 12.6. The van der Waals surface area contributed by atoms with Gasteiger partial charge in [-0.1, -0.05) is 0 Å². The summed E-state index contributed by atoms with van der Waals surface area (Å²) in [5.74, 6) is 0. The van der Waals surface area contributed by atoms with E-state index < -0.39 is 22.6 Å². The number of halogens is 2. The molecule has 12 heavy (non-hydrogen) atoms. The van der Waals surface area contributed by atoms with Gasteiger partial charge in [0.05, 0.1) is 0 Å². The third kappa shape index (κ3) is 7.73. The van der Waals surface area contributed by atoms with Crippen molar-refractivity contribution in [2.24, 2.45) is 0 Å². The van der Waals surface area contributed by atoms with Crippen LogP contribution in [0.5, 0.6) is 0 Å². The molecule has 5 heteroatoms. The van der Waals surface area contributed by atoms with Crippen molar-refractivity contribution in [3.8, 4) is 0 Å². The number of hydrogen-bond acceptors (Lipinski definition) is 1. The summed E-state index contributed by atoms with van der Waals surface area (Å²) in [6.45, 7) is 3.57. The van der Waals surface area contributed by atoms with E-state index in [-0.39, 0.29) is 0 Å². The molecule has 0 saturated carbocycles. The number of rotatable bonds is 1.